The first-order valence-corrected chi connectivity index (χ1v) is 11.3. The number of piperidine rings is 3. The van der Waals surface area contributed by atoms with Gasteiger partial charge in [-0.25, -0.2) is 9.97 Å². The van der Waals surface area contributed by atoms with E-state index in [2.05, 4.69) is 51.0 Å². The van der Waals surface area contributed by atoms with E-state index in [0.717, 1.165) is 52.0 Å². The largest absolute Gasteiger partial charge is 0.354 e. The predicted molar refractivity (Wildman–Crippen MR) is 115 cm³/mol. The Morgan fingerprint density at radius 2 is 1.97 bits per heavy atom. The molecule has 7 heteroatoms. The first-order chi connectivity index (χ1) is 14.0. The molecule has 3 aliphatic heterocycles. The van der Waals surface area contributed by atoms with E-state index in [9.17, 15) is 4.79 Å². The molecule has 3 aliphatic rings. The smallest absolute Gasteiger partial charge is 0.223 e. The Kier molecular flexibility index (Phi) is 6.35. The van der Waals surface area contributed by atoms with E-state index in [0.29, 0.717) is 35.8 Å². The molecule has 0 aromatic carbocycles. The van der Waals surface area contributed by atoms with Crippen molar-refractivity contribution in [1.82, 2.24) is 24.7 Å². The quantitative estimate of drug-likeness (QED) is 0.756. The number of nitrogens with one attached hydrogen (secondary N) is 1. The molecule has 1 N–H and O–H groups in total. The van der Waals surface area contributed by atoms with Crippen molar-refractivity contribution in [2.24, 2.45) is 11.8 Å². The zero-order valence-electron chi connectivity index (χ0n) is 18.2. The lowest BCUT2D eigenvalue weighted by atomic mass is 9.72. The molecule has 3 fully saturated rings. The summed E-state index contributed by atoms with van der Waals surface area (Å²) in [4.78, 5) is 28.9. The monoisotopic (exact) mass is 400 g/mol. The Morgan fingerprint density at radius 3 is 2.69 bits per heavy atom. The molecule has 160 valence electrons. The molecule has 0 spiro atoms. The number of likely N-dealkylation sites (N-methyl/N-ethyl adjacent to an activating group) is 1. The zero-order chi connectivity index (χ0) is 20.4. The second-order valence-electron chi connectivity index (χ2n) is 9.38. The van der Waals surface area contributed by atoms with E-state index < -0.39 is 0 Å². The number of hydrogen-bond donors (Lipinski definition) is 1. The van der Waals surface area contributed by atoms with Gasteiger partial charge in [0.2, 0.25) is 11.9 Å². The van der Waals surface area contributed by atoms with Gasteiger partial charge in [0.1, 0.15) is 0 Å². The first kappa shape index (κ1) is 20.5. The highest BCUT2D eigenvalue weighted by atomic mass is 16.2. The standard InChI is InChI=1S/C22H36N6O/c1-4-8-23-22-24-10-16(11-25-22)12-27-13-17-9-18(14-27)20(15-26(2)3)28-19(17)6-5-7-21(28)29/h10-11,17-20H,4-9,12-15H2,1-3H3,(H,23,24,25)/t17-,18+,19+,20+/m1/s1. The Bertz CT molecular complexity index is 693. The number of hydrogen-bond acceptors (Lipinski definition) is 6. The highest BCUT2D eigenvalue weighted by Crippen LogP contribution is 2.42. The van der Waals surface area contributed by atoms with Crippen LogP contribution < -0.4 is 5.32 Å². The van der Waals surface area contributed by atoms with Crippen LogP contribution in [0.5, 0.6) is 0 Å². The number of anilines is 1. The lowest BCUT2D eigenvalue weighted by Crippen LogP contribution is -2.66. The minimum atomic E-state index is 0.346. The van der Waals surface area contributed by atoms with Crippen LogP contribution in [0.4, 0.5) is 5.95 Å². The van der Waals surface area contributed by atoms with Gasteiger partial charge in [-0.3, -0.25) is 9.69 Å². The zero-order valence-corrected chi connectivity index (χ0v) is 18.2. The van der Waals surface area contributed by atoms with Gasteiger partial charge in [0.25, 0.3) is 0 Å². The van der Waals surface area contributed by atoms with Gasteiger partial charge < -0.3 is 15.1 Å². The average molecular weight is 401 g/mol. The normalized spacial score (nSPS) is 29.8. The summed E-state index contributed by atoms with van der Waals surface area (Å²) in [5.74, 6) is 2.26. The lowest BCUT2D eigenvalue weighted by Gasteiger charge is -2.57. The summed E-state index contributed by atoms with van der Waals surface area (Å²) >= 11 is 0. The van der Waals surface area contributed by atoms with Gasteiger partial charge in [0.05, 0.1) is 0 Å². The summed E-state index contributed by atoms with van der Waals surface area (Å²) in [5, 5.41) is 3.24. The van der Waals surface area contributed by atoms with Crippen LogP contribution in [0.25, 0.3) is 0 Å². The molecular weight excluding hydrogens is 364 g/mol. The number of fused-ring (bicyclic) bond motifs is 4. The van der Waals surface area contributed by atoms with Gasteiger partial charge in [0, 0.05) is 69.2 Å². The van der Waals surface area contributed by atoms with Crippen molar-refractivity contribution in [2.45, 2.75) is 57.7 Å². The van der Waals surface area contributed by atoms with Crippen LogP contribution in [0.1, 0.15) is 44.6 Å². The summed E-state index contributed by atoms with van der Waals surface area (Å²) in [6.07, 6.45) is 9.21. The van der Waals surface area contributed by atoms with Crippen LogP contribution in [-0.4, -0.2) is 82.9 Å². The molecule has 0 unspecified atom stereocenters. The van der Waals surface area contributed by atoms with E-state index in [1.807, 2.05) is 12.4 Å². The van der Waals surface area contributed by atoms with E-state index in [1.165, 1.54) is 18.4 Å². The highest BCUT2D eigenvalue weighted by molar-refractivity contribution is 5.78. The maximum Gasteiger partial charge on any atom is 0.223 e. The molecule has 1 amide bonds. The minimum Gasteiger partial charge on any atom is -0.354 e. The van der Waals surface area contributed by atoms with E-state index in [-0.39, 0.29) is 0 Å². The molecule has 29 heavy (non-hydrogen) atoms. The SMILES string of the molecule is CCCNc1ncc(CN2C[C@H]3C[C@@H](C2)[C@H](CN(C)C)N2C(=O)CCC[C@@H]32)cn1. The summed E-state index contributed by atoms with van der Waals surface area (Å²) in [6.45, 7) is 7.04. The number of rotatable bonds is 7. The van der Waals surface area contributed by atoms with Crippen molar-refractivity contribution in [3.05, 3.63) is 18.0 Å². The Morgan fingerprint density at radius 1 is 1.21 bits per heavy atom. The van der Waals surface area contributed by atoms with Gasteiger partial charge in [-0.1, -0.05) is 6.92 Å². The number of aromatic nitrogens is 2. The molecular formula is C22H36N6O. The van der Waals surface area contributed by atoms with Crippen molar-refractivity contribution in [3.8, 4) is 0 Å². The summed E-state index contributed by atoms with van der Waals surface area (Å²) in [5.41, 5.74) is 1.17. The van der Waals surface area contributed by atoms with Crippen molar-refractivity contribution < 1.29 is 4.79 Å². The Hall–Kier alpha value is -1.73. The number of carbonyl (C=O) groups is 1. The van der Waals surface area contributed by atoms with Crippen LogP contribution >= 0.6 is 0 Å². The van der Waals surface area contributed by atoms with Gasteiger partial charge in [-0.05, 0) is 51.6 Å². The van der Waals surface area contributed by atoms with Gasteiger partial charge in [-0.2, -0.15) is 0 Å². The van der Waals surface area contributed by atoms with Crippen molar-refractivity contribution in [2.75, 3.05) is 45.6 Å². The van der Waals surface area contributed by atoms with Crippen molar-refractivity contribution >= 4 is 11.9 Å². The molecule has 1 aromatic rings. The fourth-order valence-electron chi connectivity index (χ4n) is 5.63. The molecule has 7 nitrogen and oxygen atoms in total. The fraction of sp³-hybridized carbons (Fsp3) is 0.773. The molecule has 0 radical (unpaired) electrons. The van der Waals surface area contributed by atoms with E-state index >= 15 is 0 Å². The average Bonchev–Trinajstić information content (AvgIpc) is 2.70. The van der Waals surface area contributed by atoms with Crippen LogP contribution in [0.2, 0.25) is 0 Å². The lowest BCUT2D eigenvalue weighted by molar-refractivity contribution is -0.153. The molecule has 2 bridgehead atoms. The molecule has 4 atom stereocenters. The Labute approximate surface area is 174 Å². The van der Waals surface area contributed by atoms with Crippen LogP contribution in [0.15, 0.2) is 12.4 Å². The molecule has 3 saturated heterocycles. The molecule has 4 rings (SSSR count). The third kappa shape index (κ3) is 4.56. The fourth-order valence-corrected chi connectivity index (χ4v) is 5.63. The van der Waals surface area contributed by atoms with Crippen LogP contribution in [0, 0.1) is 11.8 Å². The van der Waals surface area contributed by atoms with Gasteiger partial charge in [-0.15, -0.1) is 0 Å². The number of amides is 1. The predicted octanol–water partition coefficient (Wildman–Crippen LogP) is 2.06. The number of likely N-dealkylation sites (tertiary alicyclic amines) is 1. The topological polar surface area (TPSA) is 64.6 Å². The van der Waals surface area contributed by atoms with Crippen LogP contribution in [0.3, 0.4) is 0 Å². The first-order valence-electron chi connectivity index (χ1n) is 11.3. The molecule has 1 aromatic heterocycles. The molecule has 4 heterocycles. The van der Waals surface area contributed by atoms with Crippen LogP contribution in [-0.2, 0) is 11.3 Å². The second-order valence-corrected chi connectivity index (χ2v) is 9.38. The minimum absolute atomic E-state index is 0.346. The number of carbonyl (C=O) groups excluding carboxylic acids is 1. The molecule has 0 aliphatic carbocycles. The third-order valence-electron chi connectivity index (χ3n) is 6.77. The Balaban J connectivity index is 1.46. The van der Waals surface area contributed by atoms with Crippen molar-refractivity contribution in [1.29, 1.82) is 0 Å². The maximum atomic E-state index is 12.8. The highest BCUT2D eigenvalue weighted by Gasteiger charge is 2.49. The summed E-state index contributed by atoms with van der Waals surface area (Å²) in [7, 11) is 4.25. The summed E-state index contributed by atoms with van der Waals surface area (Å²) < 4.78 is 0. The maximum absolute atomic E-state index is 12.8. The summed E-state index contributed by atoms with van der Waals surface area (Å²) in [6, 6.07) is 0.774. The van der Waals surface area contributed by atoms with Crippen molar-refractivity contribution in [3.63, 3.8) is 0 Å². The van der Waals surface area contributed by atoms with E-state index in [1.54, 1.807) is 0 Å². The molecule has 0 saturated carbocycles. The van der Waals surface area contributed by atoms with Gasteiger partial charge in [0.15, 0.2) is 0 Å². The third-order valence-corrected chi connectivity index (χ3v) is 6.77. The second kappa shape index (κ2) is 8.96. The van der Waals surface area contributed by atoms with Gasteiger partial charge >= 0.3 is 0 Å². The van der Waals surface area contributed by atoms with E-state index in [4.69, 9.17) is 0 Å². The number of nitrogens with zero attached hydrogens (tertiary/aromatic N) is 5.